The smallest absolute Gasteiger partial charge is 0.0889 e. The third-order valence-corrected chi connectivity index (χ3v) is 2.60. The minimum atomic E-state index is 0.983. The molecule has 2 rings (SSSR count). The van der Waals surface area contributed by atoms with E-state index < -0.39 is 0 Å². The van der Waals surface area contributed by atoms with Crippen LogP contribution >= 0.6 is 0 Å². The Morgan fingerprint density at radius 1 is 1.00 bits per heavy atom. The van der Waals surface area contributed by atoms with Crippen molar-refractivity contribution in [2.75, 3.05) is 0 Å². The van der Waals surface area contributed by atoms with Crippen molar-refractivity contribution in [3.63, 3.8) is 0 Å². The molecule has 2 aromatic rings. The second kappa shape index (κ2) is 4.87. The van der Waals surface area contributed by atoms with Gasteiger partial charge in [0.05, 0.1) is 11.0 Å². The van der Waals surface area contributed by atoms with Gasteiger partial charge in [-0.05, 0) is 30.5 Å². The molecule has 2 heteroatoms. The quantitative estimate of drug-likeness (QED) is 0.707. The second-order valence-corrected chi connectivity index (χ2v) is 3.84. The summed E-state index contributed by atoms with van der Waals surface area (Å²) in [5.74, 6) is 0. The van der Waals surface area contributed by atoms with E-state index in [1.165, 1.54) is 24.8 Å². The van der Waals surface area contributed by atoms with Crippen LogP contribution < -0.4 is 0 Å². The number of rotatable bonds is 4. The Kier molecular flexibility index (Phi) is 3.28. The molecule has 15 heavy (non-hydrogen) atoms. The van der Waals surface area contributed by atoms with Crippen LogP contribution in [0.25, 0.3) is 11.0 Å². The average Bonchev–Trinajstić information content (AvgIpc) is 2.29. The summed E-state index contributed by atoms with van der Waals surface area (Å²) in [5, 5.41) is 0. The second-order valence-electron chi connectivity index (χ2n) is 3.84. The summed E-state index contributed by atoms with van der Waals surface area (Å²) < 4.78 is 0. The summed E-state index contributed by atoms with van der Waals surface area (Å²) in [6.45, 7) is 2.23. The highest BCUT2D eigenvalue weighted by atomic mass is 14.8. The largest absolute Gasteiger partial charge is 0.253 e. The fourth-order valence-electron chi connectivity index (χ4n) is 1.74. The predicted octanol–water partition coefficient (Wildman–Crippen LogP) is 3.36. The van der Waals surface area contributed by atoms with E-state index in [0.717, 1.165) is 17.5 Å². The first kappa shape index (κ1) is 10.1. The topological polar surface area (TPSA) is 25.8 Å². The van der Waals surface area contributed by atoms with Crippen molar-refractivity contribution in [1.29, 1.82) is 0 Å². The lowest BCUT2D eigenvalue weighted by molar-refractivity contribution is 0.718. The average molecular weight is 200 g/mol. The molecule has 0 atom stereocenters. The molecule has 0 aliphatic carbocycles. The molecular formula is C13H16N2. The van der Waals surface area contributed by atoms with Crippen LogP contribution in [0.2, 0.25) is 0 Å². The van der Waals surface area contributed by atoms with Gasteiger partial charge in [0.1, 0.15) is 0 Å². The molecule has 0 saturated heterocycles. The normalized spacial score (nSPS) is 10.7. The molecule has 1 aromatic heterocycles. The fourth-order valence-corrected chi connectivity index (χ4v) is 1.74. The van der Waals surface area contributed by atoms with E-state index >= 15 is 0 Å². The van der Waals surface area contributed by atoms with Crippen molar-refractivity contribution in [2.45, 2.75) is 32.6 Å². The first-order valence-corrected chi connectivity index (χ1v) is 5.60. The third kappa shape index (κ3) is 2.52. The van der Waals surface area contributed by atoms with Crippen molar-refractivity contribution in [3.8, 4) is 0 Å². The first-order chi connectivity index (χ1) is 7.40. The van der Waals surface area contributed by atoms with Gasteiger partial charge in [-0.2, -0.15) is 0 Å². The summed E-state index contributed by atoms with van der Waals surface area (Å²) in [7, 11) is 0. The van der Waals surface area contributed by atoms with Crippen molar-refractivity contribution >= 4 is 11.0 Å². The lowest BCUT2D eigenvalue weighted by Gasteiger charge is -2.01. The van der Waals surface area contributed by atoms with Gasteiger partial charge < -0.3 is 0 Å². The van der Waals surface area contributed by atoms with Crippen LogP contribution in [0, 0.1) is 0 Å². The Balaban J connectivity index is 2.16. The van der Waals surface area contributed by atoms with Crippen molar-refractivity contribution in [3.05, 3.63) is 36.2 Å². The SMILES string of the molecule is CCCCCc1ccc2nccnc2c1. The van der Waals surface area contributed by atoms with Gasteiger partial charge in [-0.15, -0.1) is 0 Å². The van der Waals surface area contributed by atoms with E-state index in [1.54, 1.807) is 12.4 Å². The Morgan fingerprint density at radius 3 is 2.60 bits per heavy atom. The Bertz CT molecular complexity index is 437. The fraction of sp³-hybridized carbons (Fsp3) is 0.385. The third-order valence-electron chi connectivity index (χ3n) is 2.60. The number of benzene rings is 1. The Morgan fingerprint density at radius 2 is 1.80 bits per heavy atom. The highest BCUT2D eigenvalue weighted by Gasteiger charge is 1.97. The maximum absolute atomic E-state index is 4.31. The Labute approximate surface area is 90.4 Å². The van der Waals surface area contributed by atoms with Gasteiger partial charge in [-0.1, -0.05) is 25.8 Å². The van der Waals surface area contributed by atoms with Gasteiger partial charge in [0.15, 0.2) is 0 Å². The minimum Gasteiger partial charge on any atom is -0.253 e. The number of hydrogen-bond acceptors (Lipinski definition) is 2. The van der Waals surface area contributed by atoms with Gasteiger partial charge in [-0.3, -0.25) is 9.97 Å². The number of fused-ring (bicyclic) bond motifs is 1. The van der Waals surface area contributed by atoms with Crippen LogP contribution in [0.3, 0.4) is 0 Å². The maximum Gasteiger partial charge on any atom is 0.0889 e. The number of hydrogen-bond donors (Lipinski definition) is 0. The molecule has 1 aromatic carbocycles. The summed E-state index contributed by atoms with van der Waals surface area (Å²) in [6.07, 6.45) is 8.48. The summed E-state index contributed by atoms with van der Waals surface area (Å²) in [4.78, 5) is 8.56. The molecule has 0 fully saturated rings. The van der Waals surface area contributed by atoms with Gasteiger partial charge in [0.25, 0.3) is 0 Å². The highest BCUT2D eigenvalue weighted by Crippen LogP contribution is 2.13. The molecule has 0 amide bonds. The maximum atomic E-state index is 4.31. The van der Waals surface area contributed by atoms with Crippen LogP contribution in [0.4, 0.5) is 0 Å². The highest BCUT2D eigenvalue weighted by molar-refractivity contribution is 5.74. The van der Waals surface area contributed by atoms with Crippen molar-refractivity contribution in [1.82, 2.24) is 9.97 Å². The standard InChI is InChI=1S/C13H16N2/c1-2-3-4-5-11-6-7-12-13(10-11)15-9-8-14-12/h6-10H,2-5H2,1H3. The zero-order chi connectivity index (χ0) is 10.5. The summed E-state index contributed by atoms with van der Waals surface area (Å²) in [5.41, 5.74) is 3.36. The predicted molar refractivity (Wildman–Crippen MR) is 62.8 cm³/mol. The molecule has 1 heterocycles. The zero-order valence-corrected chi connectivity index (χ0v) is 9.11. The molecule has 0 radical (unpaired) electrons. The first-order valence-electron chi connectivity index (χ1n) is 5.60. The van der Waals surface area contributed by atoms with Crippen LogP contribution in [-0.2, 0) is 6.42 Å². The van der Waals surface area contributed by atoms with Gasteiger partial charge in [0, 0.05) is 12.4 Å². The van der Waals surface area contributed by atoms with Crippen LogP contribution in [0.15, 0.2) is 30.6 Å². The number of unbranched alkanes of at least 4 members (excludes halogenated alkanes) is 2. The van der Waals surface area contributed by atoms with Crippen LogP contribution in [0.5, 0.6) is 0 Å². The molecule has 0 bridgehead atoms. The number of aromatic nitrogens is 2. The molecule has 78 valence electrons. The van der Waals surface area contributed by atoms with E-state index in [4.69, 9.17) is 0 Å². The molecule has 0 saturated carbocycles. The van der Waals surface area contributed by atoms with E-state index in [-0.39, 0.29) is 0 Å². The van der Waals surface area contributed by atoms with Crippen molar-refractivity contribution < 1.29 is 0 Å². The summed E-state index contributed by atoms with van der Waals surface area (Å²) >= 11 is 0. The van der Waals surface area contributed by atoms with Crippen LogP contribution in [0.1, 0.15) is 31.7 Å². The molecule has 2 nitrogen and oxygen atoms in total. The lowest BCUT2D eigenvalue weighted by atomic mass is 10.1. The lowest BCUT2D eigenvalue weighted by Crippen LogP contribution is -1.88. The monoisotopic (exact) mass is 200 g/mol. The summed E-state index contributed by atoms with van der Waals surface area (Å²) in [6, 6.07) is 6.37. The van der Waals surface area contributed by atoms with E-state index in [9.17, 15) is 0 Å². The molecule has 0 aliphatic rings. The number of nitrogens with zero attached hydrogens (tertiary/aromatic N) is 2. The number of aryl methyl sites for hydroxylation is 1. The van der Waals surface area contributed by atoms with E-state index in [0.29, 0.717) is 0 Å². The molecule has 0 N–H and O–H groups in total. The van der Waals surface area contributed by atoms with Crippen molar-refractivity contribution in [2.24, 2.45) is 0 Å². The van der Waals surface area contributed by atoms with Gasteiger partial charge in [-0.25, -0.2) is 0 Å². The van der Waals surface area contributed by atoms with Gasteiger partial charge >= 0.3 is 0 Å². The Hall–Kier alpha value is -1.44. The molecule has 0 spiro atoms. The van der Waals surface area contributed by atoms with E-state index in [2.05, 4.69) is 35.1 Å². The zero-order valence-electron chi connectivity index (χ0n) is 9.11. The van der Waals surface area contributed by atoms with Crippen LogP contribution in [-0.4, -0.2) is 9.97 Å². The van der Waals surface area contributed by atoms with E-state index in [1.807, 2.05) is 0 Å². The minimum absolute atomic E-state index is 0.983. The van der Waals surface area contributed by atoms with Gasteiger partial charge in [0.2, 0.25) is 0 Å². The molecular weight excluding hydrogens is 184 g/mol. The molecule has 0 aliphatic heterocycles. The molecule has 0 unspecified atom stereocenters.